The van der Waals surface area contributed by atoms with Gasteiger partial charge in [-0.1, -0.05) is 23.4 Å². The van der Waals surface area contributed by atoms with Crippen LogP contribution in [0.2, 0.25) is 5.02 Å². The molecule has 0 saturated heterocycles. The maximum Gasteiger partial charge on any atom is 0.255 e. The molecular weight excluding hydrogens is 351 g/mol. The maximum absolute atomic E-state index is 13.4. The van der Waals surface area contributed by atoms with E-state index < -0.39 is 0 Å². The predicted molar refractivity (Wildman–Crippen MR) is 92.9 cm³/mol. The quantitative estimate of drug-likeness (QED) is 0.905. The molecule has 1 aliphatic heterocycles. The summed E-state index contributed by atoms with van der Waals surface area (Å²) in [6.07, 6.45) is 4.77. The van der Waals surface area contributed by atoms with Gasteiger partial charge in [-0.2, -0.15) is 0 Å². The first-order chi connectivity index (χ1) is 11.5. The number of benzene rings is 1. The van der Waals surface area contributed by atoms with Crippen LogP contribution in [0.15, 0.2) is 41.9 Å². The number of carbonyl (C=O) groups is 1. The first-order valence-electron chi connectivity index (χ1n) is 7.25. The van der Waals surface area contributed by atoms with Crippen molar-refractivity contribution in [2.75, 3.05) is 0 Å². The van der Waals surface area contributed by atoms with Gasteiger partial charge in [0, 0.05) is 23.8 Å². The second-order valence-electron chi connectivity index (χ2n) is 5.36. The Morgan fingerprint density at radius 2 is 2.08 bits per heavy atom. The van der Waals surface area contributed by atoms with E-state index in [1.54, 1.807) is 6.07 Å². The molecule has 5 nitrogen and oxygen atoms in total. The SMILES string of the molecule is CC1N=C(Cc2cc(F)cc(Cl)c2)SC1NC(=O)c1cncnc1. The molecule has 1 N–H and O–H groups in total. The molecule has 0 bridgehead atoms. The molecule has 1 amide bonds. The van der Waals surface area contributed by atoms with E-state index in [1.165, 1.54) is 42.6 Å². The Morgan fingerprint density at radius 1 is 1.33 bits per heavy atom. The van der Waals surface area contributed by atoms with E-state index >= 15 is 0 Å². The fourth-order valence-corrected chi connectivity index (χ4v) is 3.76. The number of thioether (sulfide) groups is 1. The summed E-state index contributed by atoms with van der Waals surface area (Å²) in [5.41, 5.74) is 1.15. The van der Waals surface area contributed by atoms with Crippen molar-refractivity contribution in [3.8, 4) is 0 Å². The van der Waals surface area contributed by atoms with E-state index in [1.807, 2.05) is 6.92 Å². The molecule has 2 aromatic rings. The summed E-state index contributed by atoms with van der Waals surface area (Å²) in [5.74, 6) is -0.617. The van der Waals surface area contributed by atoms with E-state index in [4.69, 9.17) is 11.6 Å². The Bertz CT molecular complexity index is 767. The molecule has 2 atom stereocenters. The third-order valence-electron chi connectivity index (χ3n) is 3.42. The van der Waals surface area contributed by atoms with Crippen LogP contribution in [0.4, 0.5) is 4.39 Å². The number of amides is 1. The first-order valence-corrected chi connectivity index (χ1v) is 8.51. The van der Waals surface area contributed by atoms with Gasteiger partial charge < -0.3 is 5.32 Å². The van der Waals surface area contributed by atoms with Crippen LogP contribution in [-0.2, 0) is 6.42 Å². The Morgan fingerprint density at radius 3 is 2.79 bits per heavy atom. The third kappa shape index (κ3) is 4.10. The van der Waals surface area contributed by atoms with Crippen LogP contribution >= 0.6 is 23.4 Å². The number of rotatable bonds is 4. The minimum Gasteiger partial charge on any atom is -0.338 e. The van der Waals surface area contributed by atoms with Crippen molar-refractivity contribution < 1.29 is 9.18 Å². The summed E-state index contributed by atoms with van der Waals surface area (Å²) in [6.45, 7) is 1.92. The molecule has 0 aliphatic carbocycles. The maximum atomic E-state index is 13.4. The molecular formula is C16H14ClFN4OS. The zero-order valence-electron chi connectivity index (χ0n) is 12.7. The van der Waals surface area contributed by atoms with E-state index in [0.717, 1.165) is 10.6 Å². The number of aliphatic imine (C=N–C) groups is 1. The molecule has 2 heterocycles. The average molecular weight is 365 g/mol. The third-order valence-corrected chi connectivity index (χ3v) is 4.93. The van der Waals surface area contributed by atoms with Crippen LogP contribution < -0.4 is 5.32 Å². The largest absolute Gasteiger partial charge is 0.338 e. The fraction of sp³-hybridized carbons (Fsp3) is 0.250. The van der Waals surface area contributed by atoms with Crippen molar-refractivity contribution in [2.45, 2.75) is 24.8 Å². The summed E-state index contributed by atoms with van der Waals surface area (Å²) in [6, 6.07) is 4.34. The number of hydrogen-bond acceptors (Lipinski definition) is 5. The second kappa shape index (κ2) is 7.27. The van der Waals surface area contributed by atoms with Gasteiger partial charge >= 0.3 is 0 Å². The monoisotopic (exact) mass is 364 g/mol. The molecule has 2 unspecified atom stereocenters. The molecule has 3 rings (SSSR count). The Kier molecular flexibility index (Phi) is 5.11. The molecule has 0 spiro atoms. The van der Waals surface area contributed by atoms with Gasteiger partial charge in [-0.15, -0.1) is 0 Å². The van der Waals surface area contributed by atoms with E-state index in [2.05, 4.69) is 20.3 Å². The van der Waals surface area contributed by atoms with Gasteiger partial charge in [-0.3, -0.25) is 9.79 Å². The van der Waals surface area contributed by atoms with Gasteiger partial charge in [-0.05, 0) is 30.7 Å². The number of aromatic nitrogens is 2. The highest BCUT2D eigenvalue weighted by Gasteiger charge is 2.28. The molecule has 0 fully saturated rings. The Labute approximate surface area is 147 Å². The van der Waals surface area contributed by atoms with E-state index in [0.29, 0.717) is 17.0 Å². The van der Waals surface area contributed by atoms with Gasteiger partial charge in [0.15, 0.2) is 0 Å². The van der Waals surface area contributed by atoms with E-state index in [9.17, 15) is 9.18 Å². The lowest BCUT2D eigenvalue weighted by molar-refractivity contribution is 0.0946. The number of carbonyl (C=O) groups excluding carboxylic acids is 1. The first kappa shape index (κ1) is 16.9. The van der Waals surface area contributed by atoms with Crippen molar-refractivity contribution >= 4 is 34.3 Å². The highest BCUT2D eigenvalue weighted by atomic mass is 35.5. The smallest absolute Gasteiger partial charge is 0.255 e. The number of nitrogens with zero attached hydrogens (tertiary/aromatic N) is 3. The lowest BCUT2D eigenvalue weighted by atomic mass is 10.1. The van der Waals surface area contributed by atoms with Crippen molar-refractivity contribution in [1.29, 1.82) is 0 Å². The van der Waals surface area contributed by atoms with Crippen molar-refractivity contribution in [2.24, 2.45) is 4.99 Å². The number of hydrogen-bond donors (Lipinski definition) is 1. The van der Waals surface area contributed by atoms with Gasteiger partial charge in [0.25, 0.3) is 5.91 Å². The topological polar surface area (TPSA) is 67.2 Å². The van der Waals surface area contributed by atoms with Crippen LogP contribution in [-0.4, -0.2) is 32.3 Å². The molecule has 1 aromatic heterocycles. The number of nitrogens with one attached hydrogen (secondary N) is 1. The molecule has 0 radical (unpaired) electrons. The Hall–Kier alpha value is -1.99. The molecule has 124 valence electrons. The van der Waals surface area contributed by atoms with Crippen molar-refractivity contribution in [1.82, 2.24) is 15.3 Å². The van der Waals surface area contributed by atoms with Crippen molar-refractivity contribution in [3.63, 3.8) is 0 Å². The van der Waals surface area contributed by atoms with Gasteiger partial charge in [-0.25, -0.2) is 14.4 Å². The predicted octanol–water partition coefficient (Wildman–Crippen LogP) is 3.10. The van der Waals surface area contributed by atoms with E-state index in [-0.39, 0.29) is 23.1 Å². The van der Waals surface area contributed by atoms with Crippen LogP contribution in [0, 0.1) is 5.82 Å². The Balaban J connectivity index is 1.63. The highest BCUT2D eigenvalue weighted by molar-refractivity contribution is 8.14. The number of halogens is 2. The molecule has 1 aromatic carbocycles. The molecule has 0 saturated carbocycles. The summed E-state index contributed by atoms with van der Waals surface area (Å²) in [4.78, 5) is 24.4. The standard InChI is InChI=1S/C16H14ClFN4OS/c1-9-16(22-15(23)11-6-19-8-20-7-11)24-14(21-9)4-10-2-12(17)5-13(18)3-10/h2-3,5-9,16H,4H2,1H3,(H,22,23). The molecule has 24 heavy (non-hydrogen) atoms. The molecule has 1 aliphatic rings. The lowest BCUT2D eigenvalue weighted by Gasteiger charge is -2.15. The average Bonchev–Trinajstić information content (AvgIpc) is 2.86. The lowest BCUT2D eigenvalue weighted by Crippen LogP contribution is -2.37. The zero-order valence-corrected chi connectivity index (χ0v) is 14.3. The minimum absolute atomic E-state index is 0.0809. The zero-order chi connectivity index (χ0) is 17.1. The summed E-state index contributed by atoms with van der Waals surface area (Å²) >= 11 is 7.33. The second-order valence-corrected chi connectivity index (χ2v) is 7.01. The van der Waals surface area contributed by atoms with Crippen LogP contribution in [0.5, 0.6) is 0 Å². The van der Waals surface area contributed by atoms with Gasteiger partial charge in [0.2, 0.25) is 0 Å². The summed E-state index contributed by atoms with van der Waals surface area (Å²) in [7, 11) is 0. The highest BCUT2D eigenvalue weighted by Crippen LogP contribution is 2.28. The van der Waals surface area contributed by atoms with Crippen LogP contribution in [0.3, 0.4) is 0 Å². The van der Waals surface area contributed by atoms with Crippen LogP contribution in [0.1, 0.15) is 22.8 Å². The normalized spacial score (nSPS) is 19.9. The van der Waals surface area contributed by atoms with Gasteiger partial charge in [0.1, 0.15) is 17.5 Å². The van der Waals surface area contributed by atoms with Crippen LogP contribution in [0.25, 0.3) is 0 Å². The van der Waals surface area contributed by atoms with Crippen molar-refractivity contribution in [3.05, 3.63) is 58.9 Å². The summed E-state index contributed by atoms with van der Waals surface area (Å²) < 4.78 is 13.4. The fourth-order valence-electron chi connectivity index (χ4n) is 2.32. The summed E-state index contributed by atoms with van der Waals surface area (Å²) in [5, 5.41) is 3.92. The minimum atomic E-state index is -0.372. The molecule has 8 heteroatoms. The van der Waals surface area contributed by atoms with Gasteiger partial charge in [0.05, 0.1) is 16.6 Å².